The number of hydrogen-bond donors (Lipinski definition) is 3. The number of aliphatic hydroxyl groups is 1. The Bertz CT molecular complexity index is 544. The predicted octanol–water partition coefficient (Wildman–Crippen LogP) is 1.71. The van der Waals surface area contributed by atoms with Crippen molar-refractivity contribution in [2.24, 2.45) is 0 Å². The third-order valence-electron chi connectivity index (χ3n) is 2.58. The smallest absolute Gasteiger partial charge is 0.382 e. The summed E-state index contributed by atoms with van der Waals surface area (Å²) in [5, 5.41) is 11.2. The van der Waals surface area contributed by atoms with Crippen LogP contribution in [-0.2, 0) is 10.0 Å². The SMILES string of the molecule is CCCNS(=O)(=O)c1ccc(NCC(O)C(F)(F)F)cc1. The van der Waals surface area contributed by atoms with Gasteiger partial charge in [0.25, 0.3) is 0 Å². The van der Waals surface area contributed by atoms with Gasteiger partial charge in [-0.25, -0.2) is 13.1 Å². The summed E-state index contributed by atoms with van der Waals surface area (Å²) in [6.07, 6.45) is -6.53. The quantitative estimate of drug-likeness (QED) is 0.713. The molecule has 120 valence electrons. The minimum atomic E-state index is -4.69. The van der Waals surface area contributed by atoms with E-state index in [1.165, 1.54) is 24.3 Å². The molecular weight excluding hydrogens is 309 g/mol. The van der Waals surface area contributed by atoms with E-state index in [0.717, 1.165) is 0 Å². The topological polar surface area (TPSA) is 78.4 Å². The summed E-state index contributed by atoms with van der Waals surface area (Å²) < 4.78 is 62.3. The molecule has 0 saturated carbocycles. The Labute approximate surface area is 121 Å². The summed E-state index contributed by atoms with van der Waals surface area (Å²) in [6.45, 7) is 1.42. The zero-order valence-corrected chi connectivity index (χ0v) is 12.1. The maximum atomic E-state index is 12.1. The van der Waals surface area contributed by atoms with Gasteiger partial charge >= 0.3 is 6.18 Å². The second kappa shape index (κ2) is 7.10. The highest BCUT2D eigenvalue weighted by atomic mass is 32.2. The van der Waals surface area contributed by atoms with E-state index in [1.807, 2.05) is 6.92 Å². The van der Waals surface area contributed by atoms with E-state index in [-0.39, 0.29) is 10.6 Å². The molecule has 1 atom stereocenters. The lowest BCUT2D eigenvalue weighted by Crippen LogP contribution is -2.35. The van der Waals surface area contributed by atoms with Crippen molar-refractivity contribution >= 4 is 15.7 Å². The van der Waals surface area contributed by atoms with Crippen molar-refractivity contribution in [1.82, 2.24) is 4.72 Å². The number of alkyl halides is 3. The van der Waals surface area contributed by atoms with Crippen molar-refractivity contribution in [2.75, 3.05) is 18.4 Å². The van der Waals surface area contributed by atoms with Crippen LogP contribution in [0.4, 0.5) is 18.9 Å². The molecule has 0 bridgehead atoms. The molecule has 0 amide bonds. The molecule has 0 fully saturated rings. The van der Waals surface area contributed by atoms with E-state index >= 15 is 0 Å². The van der Waals surface area contributed by atoms with Crippen molar-refractivity contribution in [1.29, 1.82) is 0 Å². The van der Waals surface area contributed by atoms with Crippen LogP contribution in [0, 0.1) is 0 Å². The average Bonchev–Trinajstić information content (AvgIpc) is 2.42. The monoisotopic (exact) mass is 326 g/mol. The van der Waals surface area contributed by atoms with Crippen LogP contribution in [0.3, 0.4) is 0 Å². The molecule has 1 aromatic rings. The van der Waals surface area contributed by atoms with E-state index in [2.05, 4.69) is 10.0 Å². The molecule has 0 spiro atoms. The van der Waals surface area contributed by atoms with Gasteiger partial charge in [0.1, 0.15) is 0 Å². The summed E-state index contributed by atoms with van der Waals surface area (Å²) in [7, 11) is -3.60. The number of hydrogen-bond acceptors (Lipinski definition) is 4. The molecule has 0 aliphatic rings. The van der Waals surface area contributed by atoms with Gasteiger partial charge in [-0.1, -0.05) is 6.92 Å². The molecule has 0 aromatic heterocycles. The molecule has 3 N–H and O–H groups in total. The molecule has 1 unspecified atom stereocenters. The van der Waals surface area contributed by atoms with Crippen molar-refractivity contribution in [3.8, 4) is 0 Å². The zero-order valence-electron chi connectivity index (χ0n) is 11.3. The van der Waals surface area contributed by atoms with Crippen LogP contribution in [0.15, 0.2) is 29.2 Å². The fraction of sp³-hybridized carbons (Fsp3) is 0.500. The second-order valence-corrected chi connectivity index (χ2v) is 6.13. The summed E-state index contributed by atoms with van der Waals surface area (Å²) in [6, 6.07) is 5.23. The van der Waals surface area contributed by atoms with Crippen molar-refractivity contribution < 1.29 is 26.7 Å². The van der Waals surface area contributed by atoms with Crippen LogP contribution >= 0.6 is 0 Å². The van der Waals surface area contributed by atoms with E-state index in [4.69, 9.17) is 5.11 Å². The number of benzene rings is 1. The van der Waals surface area contributed by atoms with Crippen LogP contribution in [-0.4, -0.2) is 38.9 Å². The lowest BCUT2D eigenvalue weighted by atomic mass is 10.3. The predicted molar refractivity (Wildman–Crippen MR) is 72.5 cm³/mol. The lowest BCUT2D eigenvalue weighted by Gasteiger charge is -2.16. The van der Waals surface area contributed by atoms with Gasteiger partial charge in [-0.15, -0.1) is 0 Å². The first-order valence-corrected chi connectivity index (χ1v) is 7.73. The zero-order chi connectivity index (χ0) is 16.1. The molecule has 0 heterocycles. The fourth-order valence-corrected chi connectivity index (χ4v) is 2.54. The molecular formula is C12H17F3N2O3S. The first kappa shape index (κ1) is 17.7. The Hall–Kier alpha value is -1.32. The number of rotatable bonds is 7. The van der Waals surface area contributed by atoms with Crippen molar-refractivity contribution in [3.05, 3.63) is 24.3 Å². The average molecular weight is 326 g/mol. The molecule has 9 heteroatoms. The Morgan fingerprint density at radius 1 is 1.24 bits per heavy atom. The number of nitrogens with one attached hydrogen (secondary N) is 2. The Morgan fingerprint density at radius 2 is 1.81 bits per heavy atom. The number of aliphatic hydroxyl groups excluding tert-OH is 1. The molecule has 5 nitrogen and oxygen atoms in total. The molecule has 0 saturated heterocycles. The first-order valence-electron chi connectivity index (χ1n) is 6.25. The Kier molecular flexibility index (Phi) is 5.99. The maximum absolute atomic E-state index is 12.1. The Balaban J connectivity index is 2.67. The molecule has 0 radical (unpaired) electrons. The van der Waals surface area contributed by atoms with E-state index < -0.39 is 28.8 Å². The van der Waals surface area contributed by atoms with Crippen LogP contribution in [0.2, 0.25) is 0 Å². The Morgan fingerprint density at radius 3 is 2.29 bits per heavy atom. The fourth-order valence-electron chi connectivity index (χ4n) is 1.40. The van der Waals surface area contributed by atoms with Gasteiger partial charge in [0.2, 0.25) is 10.0 Å². The minimum absolute atomic E-state index is 0.0258. The summed E-state index contributed by atoms with van der Waals surface area (Å²) >= 11 is 0. The van der Waals surface area contributed by atoms with Gasteiger partial charge in [-0.2, -0.15) is 13.2 Å². The largest absolute Gasteiger partial charge is 0.416 e. The highest BCUT2D eigenvalue weighted by molar-refractivity contribution is 7.89. The van der Waals surface area contributed by atoms with Gasteiger partial charge in [-0.05, 0) is 30.7 Å². The summed E-state index contributed by atoms with van der Waals surface area (Å²) in [5.41, 5.74) is 0.285. The van der Waals surface area contributed by atoms with Gasteiger partial charge in [0.15, 0.2) is 6.10 Å². The van der Waals surface area contributed by atoms with Crippen molar-refractivity contribution in [3.63, 3.8) is 0 Å². The first-order chi connectivity index (χ1) is 9.66. The van der Waals surface area contributed by atoms with Crippen LogP contribution < -0.4 is 10.0 Å². The number of sulfonamides is 1. The lowest BCUT2D eigenvalue weighted by molar-refractivity contribution is -0.198. The van der Waals surface area contributed by atoms with Crippen LogP contribution in [0.25, 0.3) is 0 Å². The van der Waals surface area contributed by atoms with Gasteiger partial charge < -0.3 is 10.4 Å². The molecule has 1 rings (SSSR count). The highest BCUT2D eigenvalue weighted by Gasteiger charge is 2.37. The summed E-state index contributed by atoms with van der Waals surface area (Å²) in [5.74, 6) is 0. The number of anilines is 1. The van der Waals surface area contributed by atoms with E-state index in [0.29, 0.717) is 13.0 Å². The van der Waals surface area contributed by atoms with Gasteiger partial charge in [-0.3, -0.25) is 0 Å². The second-order valence-electron chi connectivity index (χ2n) is 4.36. The van der Waals surface area contributed by atoms with Gasteiger partial charge in [0, 0.05) is 18.8 Å². The number of halogens is 3. The molecule has 21 heavy (non-hydrogen) atoms. The molecule has 0 aliphatic carbocycles. The molecule has 0 aliphatic heterocycles. The van der Waals surface area contributed by atoms with E-state index in [1.54, 1.807) is 0 Å². The van der Waals surface area contributed by atoms with Crippen LogP contribution in [0.5, 0.6) is 0 Å². The maximum Gasteiger partial charge on any atom is 0.416 e. The van der Waals surface area contributed by atoms with Crippen molar-refractivity contribution in [2.45, 2.75) is 30.5 Å². The standard InChI is InChI=1S/C12H17F3N2O3S/c1-2-7-17-21(19,20)10-5-3-9(4-6-10)16-8-11(18)12(13,14)15/h3-6,11,16-18H,2,7-8H2,1H3. The third kappa shape index (κ3) is 5.52. The summed E-state index contributed by atoms with van der Waals surface area (Å²) in [4.78, 5) is 0.0258. The van der Waals surface area contributed by atoms with E-state index in [9.17, 15) is 21.6 Å². The third-order valence-corrected chi connectivity index (χ3v) is 4.06. The van der Waals surface area contributed by atoms with Gasteiger partial charge in [0.05, 0.1) is 4.90 Å². The normalized spacial score (nSPS) is 14.0. The highest BCUT2D eigenvalue weighted by Crippen LogP contribution is 2.21. The molecule has 1 aromatic carbocycles. The van der Waals surface area contributed by atoms with Crippen LogP contribution in [0.1, 0.15) is 13.3 Å². The minimum Gasteiger partial charge on any atom is -0.382 e.